The van der Waals surface area contributed by atoms with Crippen LogP contribution in [0, 0.1) is 6.92 Å². The van der Waals surface area contributed by atoms with Crippen LogP contribution >= 0.6 is 11.3 Å². The second-order valence-electron chi connectivity index (χ2n) is 7.91. The largest absolute Gasteiger partial charge is 0.468 e. The monoisotopic (exact) mass is 487 g/mol. The predicted octanol–water partition coefficient (Wildman–Crippen LogP) is 3.47. The molecule has 2 heterocycles. The lowest BCUT2D eigenvalue weighted by atomic mass is 10.1. The molecular weight excluding hydrogens is 462 g/mol. The van der Waals surface area contributed by atoms with Crippen molar-refractivity contribution in [1.29, 1.82) is 0 Å². The summed E-state index contributed by atoms with van der Waals surface area (Å²) in [5, 5.41) is 0. The summed E-state index contributed by atoms with van der Waals surface area (Å²) >= 11 is 1.46. The zero-order valence-corrected chi connectivity index (χ0v) is 19.8. The van der Waals surface area contributed by atoms with Crippen molar-refractivity contribution in [1.82, 2.24) is 15.6 Å². The number of hydrogen-bond acceptors (Lipinski definition) is 6. The van der Waals surface area contributed by atoms with Crippen LogP contribution in [0.15, 0.2) is 52.0 Å². The van der Waals surface area contributed by atoms with Crippen LogP contribution in [0.4, 0.5) is 0 Å². The van der Waals surface area contributed by atoms with E-state index >= 15 is 0 Å². The topological polar surface area (TPSA) is 118 Å². The highest BCUT2D eigenvalue weighted by Gasteiger charge is 2.20. The molecule has 33 heavy (non-hydrogen) atoms. The molecule has 3 aromatic rings. The van der Waals surface area contributed by atoms with Gasteiger partial charge >= 0.3 is 0 Å². The molecule has 0 spiro atoms. The van der Waals surface area contributed by atoms with Crippen LogP contribution in [0.3, 0.4) is 0 Å². The van der Waals surface area contributed by atoms with E-state index < -0.39 is 15.9 Å². The summed E-state index contributed by atoms with van der Waals surface area (Å²) in [7, 11) is -3.86. The van der Waals surface area contributed by atoms with Gasteiger partial charge in [-0.05, 0) is 74.1 Å². The van der Waals surface area contributed by atoms with Crippen molar-refractivity contribution in [3.05, 3.63) is 74.9 Å². The maximum absolute atomic E-state index is 12.7. The van der Waals surface area contributed by atoms with Gasteiger partial charge in [0.25, 0.3) is 11.8 Å². The van der Waals surface area contributed by atoms with Crippen LogP contribution in [0.2, 0.25) is 0 Å². The molecule has 8 nitrogen and oxygen atoms in total. The van der Waals surface area contributed by atoms with Gasteiger partial charge in [0, 0.05) is 10.4 Å². The molecule has 0 radical (unpaired) electrons. The van der Waals surface area contributed by atoms with E-state index in [0.717, 1.165) is 25.7 Å². The Balaban J connectivity index is 1.42. The number of rotatable bonds is 6. The molecule has 0 bridgehead atoms. The van der Waals surface area contributed by atoms with Gasteiger partial charge < -0.3 is 4.42 Å². The summed E-state index contributed by atoms with van der Waals surface area (Å²) in [6, 6.07) is 9.48. The molecule has 0 aliphatic heterocycles. The Morgan fingerprint density at radius 3 is 2.61 bits per heavy atom. The third-order valence-corrected chi connectivity index (χ3v) is 8.18. The Morgan fingerprint density at radius 2 is 1.82 bits per heavy atom. The van der Waals surface area contributed by atoms with Crippen molar-refractivity contribution in [3.8, 4) is 0 Å². The standard InChI is InChI=1S/C23H25N3O5S2/c1-15-9-10-18(33(29,30)24-14-17-7-5-11-31-17)13-19(15)22(27)25-26-23(28)21-12-16-6-3-2-4-8-20(16)32-21/h5,7,9-13,24H,2-4,6,8,14H2,1H3,(H,25,27)(H,26,28). The lowest BCUT2D eigenvalue weighted by molar-refractivity contribution is 0.0848. The Labute approximate surface area is 196 Å². The van der Waals surface area contributed by atoms with Gasteiger partial charge in [-0.15, -0.1) is 11.3 Å². The molecule has 10 heteroatoms. The molecule has 1 aliphatic rings. The van der Waals surface area contributed by atoms with Crippen LogP contribution in [-0.2, 0) is 29.4 Å². The van der Waals surface area contributed by atoms with Crippen LogP contribution in [0.1, 0.15) is 61.1 Å². The number of amides is 2. The maximum Gasteiger partial charge on any atom is 0.279 e. The SMILES string of the molecule is Cc1ccc(S(=O)(=O)NCc2ccco2)cc1C(=O)NNC(=O)c1cc2c(s1)CCCCC2. The van der Waals surface area contributed by atoms with E-state index in [4.69, 9.17) is 4.42 Å². The first-order valence-corrected chi connectivity index (χ1v) is 13.0. The summed E-state index contributed by atoms with van der Waals surface area (Å²) in [5.74, 6) is -0.512. The molecule has 1 aromatic carbocycles. The quantitative estimate of drug-likeness (QED) is 0.364. The van der Waals surface area contributed by atoms with Crippen LogP contribution in [0.5, 0.6) is 0 Å². The van der Waals surface area contributed by atoms with E-state index in [1.807, 2.05) is 6.07 Å². The molecule has 2 aromatic heterocycles. The third-order valence-electron chi connectivity index (χ3n) is 5.54. The molecule has 1 aliphatic carbocycles. The number of benzene rings is 1. The van der Waals surface area contributed by atoms with Crippen LogP contribution < -0.4 is 15.6 Å². The summed E-state index contributed by atoms with van der Waals surface area (Å²) in [4.78, 5) is 27.0. The van der Waals surface area contributed by atoms with Gasteiger partial charge in [-0.2, -0.15) is 0 Å². The fourth-order valence-electron chi connectivity index (χ4n) is 3.70. The number of aryl methyl sites for hydroxylation is 3. The van der Waals surface area contributed by atoms with Gasteiger partial charge in [0.2, 0.25) is 10.0 Å². The van der Waals surface area contributed by atoms with E-state index in [9.17, 15) is 18.0 Å². The molecular formula is C23H25N3O5S2. The average Bonchev–Trinajstić information content (AvgIpc) is 3.41. The lowest BCUT2D eigenvalue weighted by Gasteiger charge is -2.11. The van der Waals surface area contributed by atoms with Gasteiger partial charge in [0.1, 0.15) is 5.76 Å². The smallest absolute Gasteiger partial charge is 0.279 e. The second-order valence-corrected chi connectivity index (χ2v) is 10.8. The molecule has 0 fully saturated rings. The number of hydrazine groups is 1. The van der Waals surface area contributed by atoms with Crippen molar-refractivity contribution in [2.24, 2.45) is 0 Å². The molecule has 4 rings (SSSR count). The average molecular weight is 488 g/mol. The number of sulfonamides is 1. The van der Waals surface area contributed by atoms with Crippen molar-refractivity contribution < 1.29 is 22.4 Å². The van der Waals surface area contributed by atoms with Crippen LogP contribution in [-0.4, -0.2) is 20.2 Å². The number of carbonyl (C=O) groups excluding carboxylic acids is 2. The summed E-state index contributed by atoms with van der Waals surface area (Å²) in [5.41, 5.74) is 6.79. The van der Waals surface area contributed by atoms with Gasteiger partial charge in [0.15, 0.2) is 0 Å². The molecule has 0 atom stereocenters. The Kier molecular flexibility index (Phi) is 6.96. The van der Waals surface area contributed by atoms with Crippen molar-refractivity contribution >= 4 is 33.2 Å². The second kappa shape index (κ2) is 9.90. The number of carbonyl (C=O) groups is 2. The predicted molar refractivity (Wildman–Crippen MR) is 124 cm³/mol. The summed E-state index contributed by atoms with van der Waals surface area (Å²) < 4.78 is 32.8. The Bertz CT molecular complexity index is 1240. The van der Waals surface area contributed by atoms with Crippen LogP contribution in [0.25, 0.3) is 0 Å². The zero-order chi connectivity index (χ0) is 23.4. The molecule has 0 saturated carbocycles. The zero-order valence-electron chi connectivity index (χ0n) is 18.1. The highest BCUT2D eigenvalue weighted by atomic mass is 32.2. The van der Waals surface area contributed by atoms with E-state index in [0.29, 0.717) is 16.2 Å². The van der Waals surface area contributed by atoms with Gasteiger partial charge in [-0.3, -0.25) is 20.4 Å². The summed E-state index contributed by atoms with van der Waals surface area (Å²) in [6.07, 6.45) is 6.86. The lowest BCUT2D eigenvalue weighted by Crippen LogP contribution is -2.41. The fourth-order valence-corrected chi connectivity index (χ4v) is 5.87. The first-order chi connectivity index (χ1) is 15.8. The fraction of sp³-hybridized carbons (Fsp3) is 0.304. The molecule has 2 amide bonds. The molecule has 0 unspecified atom stereocenters. The highest BCUT2D eigenvalue weighted by Crippen LogP contribution is 2.28. The van der Waals surface area contributed by atoms with Gasteiger partial charge in [0.05, 0.1) is 22.6 Å². The number of thiophene rings is 1. The maximum atomic E-state index is 12.7. The normalized spacial score (nSPS) is 13.7. The van der Waals surface area contributed by atoms with E-state index in [-0.39, 0.29) is 22.9 Å². The third kappa shape index (κ3) is 5.52. The minimum atomic E-state index is -3.86. The number of hydrogen-bond donors (Lipinski definition) is 3. The van der Waals surface area contributed by atoms with E-state index in [1.165, 1.54) is 46.6 Å². The van der Waals surface area contributed by atoms with E-state index in [1.54, 1.807) is 25.1 Å². The number of fused-ring (bicyclic) bond motifs is 1. The van der Waals surface area contributed by atoms with Crippen molar-refractivity contribution in [2.45, 2.75) is 50.5 Å². The Hall–Kier alpha value is -2.95. The first kappa shape index (κ1) is 23.2. The summed E-state index contributed by atoms with van der Waals surface area (Å²) in [6.45, 7) is 1.69. The van der Waals surface area contributed by atoms with Gasteiger partial charge in [-0.1, -0.05) is 12.5 Å². The minimum absolute atomic E-state index is 0.00835. The minimum Gasteiger partial charge on any atom is -0.468 e. The van der Waals surface area contributed by atoms with E-state index in [2.05, 4.69) is 15.6 Å². The molecule has 3 N–H and O–H groups in total. The number of furan rings is 1. The molecule has 174 valence electrons. The molecule has 0 saturated heterocycles. The highest BCUT2D eigenvalue weighted by molar-refractivity contribution is 7.89. The van der Waals surface area contributed by atoms with Gasteiger partial charge in [-0.25, -0.2) is 13.1 Å². The van der Waals surface area contributed by atoms with Crippen molar-refractivity contribution in [3.63, 3.8) is 0 Å². The Morgan fingerprint density at radius 1 is 1.03 bits per heavy atom. The van der Waals surface area contributed by atoms with Crippen molar-refractivity contribution in [2.75, 3.05) is 0 Å². The number of nitrogens with one attached hydrogen (secondary N) is 3. The first-order valence-electron chi connectivity index (χ1n) is 10.7.